The van der Waals surface area contributed by atoms with Crippen molar-refractivity contribution in [1.29, 1.82) is 0 Å². The Morgan fingerprint density at radius 3 is 2.72 bits per heavy atom. The first-order chi connectivity index (χ1) is 11.7. The van der Waals surface area contributed by atoms with Gasteiger partial charge in [0.2, 0.25) is 0 Å². The van der Waals surface area contributed by atoms with Gasteiger partial charge in [0.1, 0.15) is 0 Å². The van der Waals surface area contributed by atoms with Gasteiger partial charge in [0.15, 0.2) is 5.96 Å². The number of rotatable bonds is 5. The molecule has 4 nitrogen and oxygen atoms in total. The Bertz CT molecular complexity index is 850. The first kappa shape index (κ1) is 19.8. The van der Waals surface area contributed by atoms with Crippen LogP contribution in [-0.4, -0.2) is 24.5 Å². The van der Waals surface area contributed by atoms with E-state index in [2.05, 4.69) is 70.3 Å². The van der Waals surface area contributed by atoms with Crippen molar-refractivity contribution in [3.63, 3.8) is 0 Å². The second-order valence-electron chi connectivity index (χ2n) is 5.94. The molecule has 0 unspecified atom stereocenters. The number of thiophene rings is 1. The zero-order valence-electron chi connectivity index (χ0n) is 14.8. The molecule has 0 aliphatic heterocycles. The number of aromatic nitrogens is 1. The van der Waals surface area contributed by atoms with Crippen LogP contribution in [0.2, 0.25) is 0 Å². The normalized spacial score (nSPS) is 11.4. The number of aromatic amines is 1. The standard InChI is InChI=1S/C19H24N4S.HI/c1-13-8-10-24-17(13)12-23-19(20-3)21-9-7-15-11-22-18-14(2)5-4-6-16(15)18;/h4-6,8,10-11,22H,7,9,12H2,1-3H3,(H2,20,21,23);1H. The molecule has 6 heteroatoms. The van der Waals surface area contributed by atoms with Gasteiger partial charge in [-0.15, -0.1) is 35.3 Å². The Hall–Kier alpha value is -1.54. The quantitative estimate of drug-likeness (QED) is 0.296. The fraction of sp³-hybridized carbons (Fsp3) is 0.316. The summed E-state index contributed by atoms with van der Waals surface area (Å²) in [5.41, 5.74) is 5.20. The number of halogens is 1. The molecule has 2 heterocycles. The smallest absolute Gasteiger partial charge is 0.191 e. The molecule has 0 amide bonds. The molecule has 2 aromatic heterocycles. The first-order valence-electron chi connectivity index (χ1n) is 8.22. The Morgan fingerprint density at radius 2 is 2.00 bits per heavy atom. The van der Waals surface area contributed by atoms with Crippen molar-refractivity contribution >= 4 is 52.2 Å². The van der Waals surface area contributed by atoms with E-state index in [1.807, 2.05) is 7.05 Å². The van der Waals surface area contributed by atoms with Crippen LogP contribution in [0, 0.1) is 13.8 Å². The molecule has 0 aliphatic rings. The number of aryl methyl sites for hydroxylation is 2. The topological polar surface area (TPSA) is 52.2 Å². The third kappa shape index (κ3) is 4.76. The number of hydrogen-bond donors (Lipinski definition) is 3. The molecule has 3 aromatic rings. The highest BCUT2D eigenvalue weighted by molar-refractivity contribution is 14.0. The van der Waals surface area contributed by atoms with Gasteiger partial charge in [-0.2, -0.15) is 0 Å². The number of para-hydroxylation sites is 1. The average molecular weight is 468 g/mol. The molecule has 0 saturated carbocycles. The average Bonchev–Trinajstić information content (AvgIpc) is 3.18. The minimum atomic E-state index is 0. The van der Waals surface area contributed by atoms with Crippen molar-refractivity contribution in [2.75, 3.05) is 13.6 Å². The fourth-order valence-electron chi connectivity index (χ4n) is 2.86. The van der Waals surface area contributed by atoms with Crippen LogP contribution in [0.5, 0.6) is 0 Å². The van der Waals surface area contributed by atoms with Crippen molar-refractivity contribution in [2.24, 2.45) is 4.99 Å². The molecule has 1 aromatic carbocycles. The lowest BCUT2D eigenvalue weighted by Crippen LogP contribution is -2.37. The van der Waals surface area contributed by atoms with Gasteiger partial charge < -0.3 is 15.6 Å². The van der Waals surface area contributed by atoms with Crippen molar-refractivity contribution in [3.8, 4) is 0 Å². The molecule has 134 valence electrons. The van der Waals surface area contributed by atoms with E-state index in [1.54, 1.807) is 11.3 Å². The van der Waals surface area contributed by atoms with Crippen molar-refractivity contribution in [3.05, 3.63) is 57.4 Å². The number of guanidine groups is 1. The summed E-state index contributed by atoms with van der Waals surface area (Å²) in [6.45, 7) is 5.95. The number of hydrogen-bond acceptors (Lipinski definition) is 2. The summed E-state index contributed by atoms with van der Waals surface area (Å²) in [7, 11) is 1.81. The number of nitrogens with one attached hydrogen (secondary N) is 3. The second kappa shape index (κ2) is 9.24. The van der Waals surface area contributed by atoms with Gasteiger partial charge in [0.05, 0.1) is 6.54 Å². The number of nitrogens with zero attached hydrogens (tertiary/aromatic N) is 1. The highest BCUT2D eigenvalue weighted by atomic mass is 127. The maximum atomic E-state index is 4.30. The van der Waals surface area contributed by atoms with Crippen LogP contribution in [0.25, 0.3) is 10.9 Å². The molecule has 25 heavy (non-hydrogen) atoms. The van der Waals surface area contributed by atoms with Crippen LogP contribution in [0.3, 0.4) is 0 Å². The monoisotopic (exact) mass is 468 g/mol. The molecular formula is C19H25IN4S. The van der Waals surface area contributed by atoms with Gasteiger partial charge in [-0.25, -0.2) is 0 Å². The van der Waals surface area contributed by atoms with Crippen LogP contribution in [0.15, 0.2) is 40.8 Å². The lowest BCUT2D eigenvalue weighted by Gasteiger charge is -2.11. The minimum absolute atomic E-state index is 0. The zero-order chi connectivity index (χ0) is 16.9. The lowest BCUT2D eigenvalue weighted by atomic mass is 10.1. The summed E-state index contributed by atoms with van der Waals surface area (Å²) in [5, 5.41) is 10.2. The number of fused-ring (bicyclic) bond motifs is 1. The maximum Gasteiger partial charge on any atom is 0.191 e. The van der Waals surface area contributed by atoms with Gasteiger partial charge in [-0.05, 0) is 48.4 Å². The fourth-order valence-corrected chi connectivity index (χ4v) is 3.70. The SMILES string of the molecule is CN=C(NCCc1c[nH]c2c(C)cccc12)NCc1sccc1C.I. The molecular weight excluding hydrogens is 443 g/mol. The number of H-pyrrole nitrogens is 1. The highest BCUT2D eigenvalue weighted by Gasteiger charge is 2.06. The molecule has 0 spiro atoms. The lowest BCUT2D eigenvalue weighted by molar-refractivity contribution is 0.800. The van der Waals surface area contributed by atoms with E-state index in [0.717, 1.165) is 25.5 Å². The van der Waals surface area contributed by atoms with Crippen LogP contribution >= 0.6 is 35.3 Å². The predicted molar refractivity (Wildman–Crippen MR) is 119 cm³/mol. The summed E-state index contributed by atoms with van der Waals surface area (Å²) in [4.78, 5) is 9.04. The van der Waals surface area contributed by atoms with E-state index in [4.69, 9.17) is 0 Å². The molecule has 3 rings (SSSR count). The molecule has 0 aliphatic carbocycles. The van der Waals surface area contributed by atoms with Crippen LogP contribution in [0.4, 0.5) is 0 Å². The Labute approximate surface area is 170 Å². The molecule has 0 bridgehead atoms. The largest absolute Gasteiger partial charge is 0.361 e. The van der Waals surface area contributed by atoms with Crippen molar-refractivity contribution in [1.82, 2.24) is 15.6 Å². The Balaban J connectivity index is 0.00000225. The third-order valence-electron chi connectivity index (χ3n) is 4.30. The Morgan fingerprint density at radius 1 is 1.16 bits per heavy atom. The summed E-state index contributed by atoms with van der Waals surface area (Å²) in [6, 6.07) is 8.59. The van der Waals surface area contributed by atoms with E-state index < -0.39 is 0 Å². The van der Waals surface area contributed by atoms with Gasteiger partial charge in [-0.3, -0.25) is 4.99 Å². The summed E-state index contributed by atoms with van der Waals surface area (Å²) in [5.74, 6) is 0.846. The predicted octanol–water partition coefficient (Wildman–Crippen LogP) is 4.37. The number of benzene rings is 1. The van der Waals surface area contributed by atoms with Gasteiger partial charge in [0.25, 0.3) is 0 Å². The second-order valence-corrected chi connectivity index (χ2v) is 6.94. The molecule has 0 atom stereocenters. The molecule has 3 N–H and O–H groups in total. The Kier molecular flexibility index (Phi) is 7.31. The third-order valence-corrected chi connectivity index (χ3v) is 5.33. The molecule has 0 radical (unpaired) electrons. The van der Waals surface area contributed by atoms with Gasteiger partial charge in [-0.1, -0.05) is 18.2 Å². The van der Waals surface area contributed by atoms with Gasteiger partial charge >= 0.3 is 0 Å². The number of aliphatic imine (C=N–C) groups is 1. The van der Waals surface area contributed by atoms with Crippen molar-refractivity contribution in [2.45, 2.75) is 26.8 Å². The summed E-state index contributed by atoms with van der Waals surface area (Å²) < 4.78 is 0. The van der Waals surface area contributed by atoms with Crippen molar-refractivity contribution < 1.29 is 0 Å². The van der Waals surface area contributed by atoms with Crippen LogP contribution < -0.4 is 10.6 Å². The van der Waals surface area contributed by atoms with Gasteiger partial charge in [0, 0.05) is 35.6 Å². The van der Waals surface area contributed by atoms with E-state index >= 15 is 0 Å². The van der Waals surface area contributed by atoms with Crippen LogP contribution in [-0.2, 0) is 13.0 Å². The first-order valence-corrected chi connectivity index (χ1v) is 9.10. The highest BCUT2D eigenvalue weighted by Crippen LogP contribution is 2.21. The molecule has 0 fully saturated rings. The molecule has 0 saturated heterocycles. The minimum Gasteiger partial charge on any atom is -0.361 e. The maximum absolute atomic E-state index is 4.30. The van der Waals surface area contributed by atoms with E-state index in [-0.39, 0.29) is 24.0 Å². The van der Waals surface area contributed by atoms with Crippen LogP contribution in [0.1, 0.15) is 21.6 Å². The van der Waals surface area contributed by atoms with E-state index in [1.165, 1.54) is 32.5 Å². The van der Waals surface area contributed by atoms with E-state index in [9.17, 15) is 0 Å². The zero-order valence-corrected chi connectivity index (χ0v) is 18.0. The summed E-state index contributed by atoms with van der Waals surface area (Å²) in [6.07, 6.45) is 3.08. The van der Waals surface area contributed by atoms with E-state index in [0.29, 0.717) is 0 Å². The summed E-state index contributed by atoms with van der Waals surface area (Å²) >= 11 is 1.78.